The lowest BCUT2D eigenvalue weighted by atomic mass is 9.99. The standard InChI is InChI=1S/C18H19NO2/c1-14(21-17-9-3-2-4-10-17)18(20)19-12-11-15-7-5-6-8-16(15)13-19/h2-10,14H,11-13H2,1H3/t14-/m0/s1. The Balaban J connectivity index is 1.66. The summed E-state index contributed by atoms with van der Waals surface area (Å²) in [6.07, 6.45) is 0.456. The van der Waals surface area contributed by atoms with E-state index in [9.17, 15) is 4.79 Å². The highest BCUT2D eigenvalue weighted by atomic mass is 16.5. The Hall–Kier alpha value is -2.29. The van der Waals surface area contributed by atoms with Crippen LogP contribution in [0.4, 0.5) is 0 Å². The largest absolute Gasteiger partial charge is 0.481 e. The van der Waals surface area contributed by atoms with Crippen molar-refractivity contribution in [2.75, 3.05) is 6.54 Å². The summed E-state index contributed by atoms with van der Waals surface area (Å²) < 4.78 is 5.73. The molecule has 2 aromatic carbocycles. The van der Waals surface area contributed by atoms with E-state index >= 15 is 0 Å². The Morgan fingerprint density at radius 3 is 2.48 bits per heavy atom. The zero-order chi connectivity index (χ0) is 14.7. The average molecular weight is 281 g/mol. The molecule has 2 aromatic rings. The van der Waals surface area contributed by atoms with E-state index in [0.29, 0.717) is 6.54 Å². The highest BCUT2D eigenvalue weighted by Crippen LogP contribution is 2.20. The Morgan fingerprint density at radius 1 is 1.05 bits per heavy atom. The fraction of sp³-hybridized carbons (Fsp3) is 0.278. The summed E-state index contributed by atoms with van der Waals surface area (Å²) in [7, 11) is 0. The zero-order valence-electron chi connectivity index (χ0n) is 12.2. The average Bonchev–Trinajstić information content (AvgIpc) is 2.54. The first-order chi connectivity index (χ1) is 10.2. The molecule has 0 saturated carbocycles. The van der Waals surface area contributed by atoms with Crippen molar-refractivity contribution in [2.45, 2.75) is 26.0 Å². The van der Waals surface area contributed by atoms with Gasteiger partial charge in [-0.2, -0.15) is 0 Å². The molecular formula is C18H19NO2. The van der Waals surface area contributed by atoms with E-state index in [1.54, 1.807) is 0 Å². The number of carbonyl (C=O) groups excluding carboxylic acids is 1. The van der Waals surface area contributed by atoms with Gasteiger partial charge in [0.15, 0.2) is 6.10 Å². The van der Waals surface area contributed by atoms with Gasteiger partial charge in [0.25, 0.3) is 5.91 Å². The molecule has 0 bridgehead atoms. The first-order valence-corrected chi connectivity index (χ1v) is 7.31. The third kappa shape index (κ3) is 3.07. The van der Waals surface area contributed by atoms with Gasteiger partial charge in [-0.25, -0.2) is 0 Å². The van der Waals surface area contributed by atoms with Gasteiger partial charge in [0.2, 0.25) is 0 Å². The maximum Gasteiger partial charge on any atom is 0.263 e. The molecule has 0 aliphatic carbocycles. The smallest absolute Gasteiger partial charge is 0.263 e. The minimum Gasteiger partial charge on any atom is -0.481 e. The number of carbonyl (C=O) groups is 1. The summed E-state index contributed by atoms with van der Waals surface area (Å²) >= 11 is 0. The van der Waals surface area contributed by atoms with Gasteiger partial charge >= 0.3 is 0 Å². The van der Waals surface area contributed by atoms with Crippen molar-refractivity contribution in [3.63, 3.8) is 0 Å². The third-order valence-electron chi connectivity index (χ3n) is 3.85. The lowest BCUT2D eigenvalue weighted by molar-refractivity contribution is -0.138. The Morgan fingerprint density at radius 2 is 1.71 bits per heavy atom. The molecule has 0 saturated heterocycles. The van der Waals surface area contributed by atoms with Crippen molar-refractivity contribution in [3.8, 4) is 5.75 Å². The molecule has 21 heavy (non-hydrogen) atoms. The van der Waals surface area contributed by atoms with Crippen molar-refractivity contribution in [1.29, 1.82) is 0 Å². The van der Waals surface area contributed by atoms with Crippen molar-refractivity contribution >= 4 is 5.91 Å². The fourth-order valence-corrected chi connectivity index (χ4v) is 2.69. The van der Waals surface area contributed by atoms with Gasteiger partial charge in [-0.3, -0.25) is 4.79 Å². The number of rotatable bonds is 3. The van der Waals surface area contributed by atoms with Crippen LogP contribution in [0.15, 0.2) is 54.6 Å². The maximum atomic E-state index is 12.5. The second-order valence-corrected chi connectivity index (χ2v) is 5.35. The first-order valence-electron chi connectivity index (χ1n) is 7.31. The summed E-state index contributed by atoms with van der Waals surface area (Å²) in [5.74, 6) is 0.782. The van der Waals surface area contributed by atoms with Crippen molar-refractivity contribution in [3.05, 3.63) is 65.7 Å². The molecule has 3 rings (SSSR count). The molecule has 1 amide bonds. The highest BCUT2D eigenvalue weighted by Gasteiger charge is 2.25. The van der Waals surface area contributed by atoms with Crippen LogP contribution in [-0.2, 0) is 17.8 Å². The second kappa shape index (κ2) is 6.00. The molecule has 0 radical (unpaired) electrons. The van der Waals surface area contributed by atoms with E-state index in [1.165, 1.54) is 11.1 Å². The molecule has 1 heterocycles. The van der Waals surface area contributed by atoms with Gasteiger partial charge in [0.05, 0.1) is 0 Å². The normalized spacial score (nSPS) is 15.2. The van der Waals surface area contributed by atoms with E-state index in [0.717, 1.165) is 18.7 Å². The van der Waals surface area contributed by atoms with E-state index in [1.807, 2.05) is 48.2 Å². The van der Waals surface area contributed by atoms with Crippen LogP contribution in [-0.4, -0.2) is 23.5 Å². The van der Waals surface area contributed by atoms with Crippen LogP contribution in [0.3, 0.4) is 0 Å². The molecule has 1 atom stereocenters. The minimum atomic E-state index is -0.460. The predicted molar refractivity (Wildman–Crippen MR) is 82.1 cm³/mol. The maximum absolute atomic E-state index is 12.5. The van der Waals surface area contributed by atoms with Crippen LogP contribution in [0.2, 0.25) is 0 Å². The van der Waals surface area contributed by atoms with E-state index in [2.05, 4.69) is 18.2 Å². The Kier molecular flexibility index (Phi) is 3.91. The Labute approximate surface area is 125 Å². The van der Waals surface area contributed by atoms with Gasteiger partial charge in [0.1, 0.15) is 5.75 Å². The zero-order valence-corrected chi connectivity index (χ0v) is 12.2. The fourth-order valence-electron chi connectivity index (χ4n) is 2.69. The lowest BCUT2D eigenvalue weighted by Crippen LogP contribution is -2.43. The molecule has 0 fully saturated rings. The molecule has 0 N–H and O–H groups in total. The van der Waals surface area contributed by atoms with Crippen molar-refractivity contribution in [2.24, 2.45) is 0 Å². The van der Waals surface area contributed by atoms with Crippen molar-refractivity contribution in [1.82, 2.24) is 4.90 Å². The van der Waals surface area contributed by atoms with Gasteiger partial charge < -0.3 is 9.64 Å². The molecule has 0 aromatic heterocycles. The van der Waals surface area contributed by atoms with Gasteiger partial charge in [-0.05, 0) is 36.6 Å². The van der Waals surface area contributed by atoms with Gasteiger partial charge in [0, 0.05) is 13.1 Å². The number of nitrogens with zero attached hydrogens (tertiary/aromatic N) is 1. The highest BCUT2D eigenvalue weighted by molar-refractivity contribution is 5.81. The quantitative estimate of drug-likeness (QED) is 0.865. The molecule has 3 heteroatoms. The number of ether oxygens (including phenoxy) is 1. The molecule has 0 unspecified atom stereocenters. The van der Waals surface area contributed by atoms with Gasteiger partial charge in [-0.15, -0.1) is 0 Å². The van der Waals surface area contributed by atoms with Crippen LogP contribution in [0, 0.1) is 0 Å². The summed E-state index contributed by atoms with van der Waals surface area (Å²) in [6.45, 7) is 3.26. The van der Waals surface area contributed by atoms with E-state index in [-0.39, 0.29) is 5.91 Å². The van der Waals surface area contributed by atoms with Crippen LogP contribution >= 0.6 is 0 Å². The van der Waals surface area contributed by atoms with Crippen LogP contribution in [0.5, 0.6) is 5.75 Å². The number of benzene rings is 2. The molecule has 0 spiro atoms. The van der Waals surface area contributed by atoms with E-state index in [4.69, 9.17) is 4.74 Å². The number of hydrogen-bond donors (Lipinski definition) is 0. The third-order valence-corrected chi connectivity index (χ3v) is 3.85. The summed E-state index contributed by atoms with van der Waals surface area (Å²) in [5.41, 5.74) is 2.59. The monoisotopic (exact) mass is 281 g/mol. The summed E-state index contributed by atoms with van der Waals surface area (Å²) in [6, 6.07) is 17.8. The number of hydrogen-bond acceptors (Lipinski definition) is 2. The molecule has 3 nitrogen and oxygen atoms in total. The molecule has 1 aliphatic rings. The SMILES string of the molecule is C[C@H](Oc1ccccc1)C(=O)N1CCc2ccccc2C1. The Bertz CT molecular complexity index is 624. The second-order valence-electron chi connectivity index (χ2n) is 5.35. The van der Waals surface area contributed by atoms with Crippen LogP contribution in [0.1, 0.15) is 18.1 Å². The van der Waals surface area contributed by atoms with Gasteiger partial charge in [-0.1, -0.05) is 42.5 Å². The number of amides is 1. The predicted octanol–water partition coefficient (Wildman–Crippen LogP) is 3.04. The summed E-state index contributed by atoms with van der Waals surface area (Å²) in [5, 5.41) is 0. The van der Waals surface area contributed by atoms with E-state index < -0.39 is 6.10 Å². The lowest BCUT2D eigenvalue weighted by Gasteiger charge is -2.30. The topological polar surface area (TPSA) is 29.5 Å². The first kappa shape index (κ1) is 13.7. The summed E-state index contributed by atoms with van der Waals surface area (Å²) in [4.78, 5) is 14.4. The minimum absolute atomic E-state index is 0.0494. The number of fused-ring (bicyclic) bond motifs is 1. The van der Waals surface area contributed by atoms with Crippen LogP contribution < -0.4 is 4.74 Å². The molecule has 108 valence electrons. The molecular weight excluding hydrogens is 262 g/mol. The molecule has 1 aliphatic heterocycles. The van der Waals surface area contributed by atoms with Crippen LogP contribution in [0.25, 0.3) is 0 Å². The van der Waals surface area contributed by atoms with Crippen molar-refractivity contribution < 1.29 is 9.53 Å². The number of para-hydroxylation sites is 1.